The van der Waals surface area contributed by atoms with Crippen LogP contribution in [0.15, 0.2) is 24.3 Å². The van der Waals surface area contributed by atoms with Crippen molar-refractivity contribution in [3.05, 3.63) is 35.4 Å². The van der Waals surface area contributed by atoms with E-state index in [1.165, 1.54) is 17.1 Å². The van der Waals surface area contributed by atoms with Crippen molar-refractivity contribution >= 4 is 35.4 Å². The maximum atomic E-state index is 12.7. The predicted octanol–water partition coefficient (Wildman–Crippen LogP) is 3.74. The number of carbonyl (C=O) groups is 2. The molecule has 2 fully saturated rings. The lowest BCUT2D eigenvalue weighted by molar-refractivity contribution is -0.150. The van der Waals surface area contributed by atoms with Crippen LogP contribution in [-0.2, 0) is 4.79 Å². The number of amides is 1. The van der Waals surface area contributed by atoms with Crippen molar-refractivity contribution in [1.82, 2.24) is 4.90 Å². The summed E-state index contributed by atoms with van der Waals surface area (Å²) in [5.74, 6) is 1.51. The molecule has 1 amide bonds. The molecule has 1 aromatic rings. The molecule has 1 atom stereocenters. The summed E-state index contributed by atoms with van der Waals surface area (Å²) in [7, 11) is 0. The van der Waals surface area contributed by atoms with Gasteiger partial charge in [-0.1, -0.05) is 26.0 Å². The molecule has 1 unspecified atom stereocenters. The largest absolute Gasteiger partial charge is 0.481 e. The molecule has 0 saturated carbocycles. The lowest BCUT2D eigenvalue weighted by Crippen LogP contribution is -2.40. The van der Waals surface area contributed by atoms with E-state index in [4.69, 9.17) is 0 Å². The Morgan fingerprint density at radius 2 is 1.83 bits per heavy atom. The summed E-state index contributed by atoms with van der Waals surface area (Å²) < 4.78 is 0.474. The van der Waals surface area contributed by atoms with Crippen LogP contribution < -0.4 is 0 Å². The number of aliphatic carboxylic acids is 1. The number of benzene rings is 1. The molecule has 2 heterocycles. The number of carboxylic acids is 1. The van der Waals surface area contributed by atoms with E-state index in [1.807, 2.05) is 61.6 Å². The number of rotatable bonds is 4. The second-order valence-corrected chi connectivity index (χ2v) is 9.51. The zero-order valence-corrected chi connectivity index (χ0v) is 15.7. The molecule has 6 heteroatoms. The average molecular weight is 366 g/mol. The topological polar surface area (TPSA) is 57.6 Å². The van der Waals surface area contributed by atoms with Crippen LogP contribution >= 0.6 is 23.5 Å². The molecule has 0 radical (unpaired) electrons. The van der Waals surface area contributed by atoms with E-state index in [1.54, 1.807) is 4.90 Å². The minimum atomic E-state index is -0.813. The first-order valence-corrected chi connectivity index (χ1v) is 10.4. The Labute approximate surface area is 151 Å². The zero-order chi connectivity index (χ0) is 17.3. The molecule has 0 bridgehead atoms. The van der Waals surface area contributed by atoms with Crippen LogP contribution in [0.3, 0.4) is 0 Å². The molecular formula is C18H23NO3S2. The van der Waals surface area contributed by atoms with E-state index in [2.05, 4.69) is 0 Å². The Morgan fingerprint density at radius 1 is 1.21 bits per heavy atom. The van der Waals surface area contributed by atoms with Gasteiger partial charge in [0.15, 0.2) is 0 Å². The summed E-state index contributed by atoms with van der Waals surface area (Å²) in [6, 6.07) is 7.83. The van der Waals surface area contributed by atoms with Gasteiger partial charge in [0.1, 0.15) is 0 Å². The van der Waals surface area contributed by atoms with Crippen molar-refractivity contribution in [3.63, 3.8) is 0 Å². The van der Waals surface area contributed by atoms with Gasteiger partial charge in [0.05, 0.1) is 10.00 Å². The monoisotopic (exact) mass is 365 g/mol. The highest BCUT2D eigenvalue weighted by molar-refractivity contribution is 8.19. The number of hydrogen-bond donors (Lipinski definition) is 1. The second kappa shape index (κ2) is 7.00. The van der Waals surface area contributed by atoms with Crippen molar-refractivity contribution in [2.45, 2.75) is 24.9 Å². The smallest absolute Gasteiger partial charge is 0.311 e. The molecule has 1 aromatic carbocycles. The van der Waals surface area contributed by atoms with Crippen LogP contribution in [0.2, 0.25) is 0 Å². The number of thioether (sulfide) groups is 2. The number of carbonyl (C=O) groups excluding carboxylic acids is 1. The van der Waals surface area contributed by atoms with Crippen molar-refractivity contribution in [2.75, 3.05) is 24.6 Å². The maximum Gasteiger partial charge on any atom is 0.311 e. The van der Waals surface area contributed by atoms with Gasteiger partial charge in [0.2, 0.25) is 0 Å². The Hall–Kier alpha value is -1.14. The molecule has 0 aromatic heterocycles. The molecule has 1 N–H and O–H groups in total. The Kier molecular flexibility index (Phi) is 5.16. The van der Waals surface area contributed by atoms with Gasteiger partial charge in [0, 0.05) is 30.2 Å². The first-order valence-electron chi connectivity index (χ1n) is 8.30. The molecule has 3 rings (SSSR count). The van der Waals surface area contributed by atoms with E-state index in [0.717, 1.165) is 0 Å². The number of hydrogen-bond acceptors (Lipinski definition) is 4. The minimum Gasteiger partial charge on any atom is -0.481 e. The molecule has 0 aliphatic carbocycles. The van der Waals surface area contributed by atoms with Gasteiger partial charge in [-0.05, 0) is 30.0 Å². The summed E-state index contributed by atoms with van der Waals surface area (Å²) in [6.07, 6.45) is 0.527. The third kappa shape index (κ3) is 3.18. The molecule has 4 nitrogen and oxygen atoms in total. The first kappa shape index (κ1) is 17.7. The van der Waals surface area contributed by atoms with Crippen LogP contribution in [-0.4, -0.2) is 46.5 Å². The first-order chi connectivity index (χ1) is 11.4. The van der Waals surface area contributed by atoms with Crippen molar-refractivity contribution in [2.24, 2.45) is 11.3 Å². The van der Waals surface area contributed by atoms with Crippen molar-refractivity contribution < 1.29 is 14.7 Å². The molecule has 2 saturated heterocycles. The van der Waals surface area contributed by atoms with Crippen LogP contribution in [0.25, 0.3) is 0 Å². The summed E-state index contributed by atoms with van der Waals surface area (Å²) >= 11 is 3.89. The second-order valence-electron chi connectivity index (χ2n) is 6.79. The molecular weight excluding hydrogens is 342 g/mol. The summed E-state index contributed by atoms with van der Waals surface area (Å²) in [6.45, 7) is 4.66. The fourth-order valence-corrected chi connectivity index (χ4v) is 6.27. The van der Waals surface area contributed by atoms with Gasteiger partial charge in [-0.25, -0.2) is 0 Å². The Balaban J connectivity index is 1.72. The van der Waals surface area contributed by atoms with Crippen LogP contribution in [0.5, 0.6) is 0 Å². The number of carboxylic acid groups (broad SMARTS) is 1. The van der Waals surface area contributed by atoms with E-state index < -0.39 is 11.4 Å². The van der Waals surface area contributed by atoms with E-state index in [-0.39, 0.29) is 11.8 Å². The molecule has 0 spiro atoms. The Bertz CT molecular complexity index is 626. The third-order valence-electron chi connectivity index (χ3n) is 5.17. The normalized spacial score (nSPS) is 24.7. The maximum absolute atomic E-state index is 12.7. The van der Waals surface area contributed by atoms with Crippen molar-refractivity contribution in [3.8, 4) is 0 Å². The molecule has 24 heavy (non-hydrogen) atoms. The van der Waals surface area contributed by atoms with Crippen LogP contribution in [0.1, 0.15) is 40.8 Å². The SMILES string of the molecule is CC(C)C1(C(=O)O)CCN(C(=O)c2ccc(C3SCCS3)cc2)C1. The highest BCUT2D eigenvalue weighted by Gasteiger charge is 2.48. The molecule has 130 valence electrons. The van der Waals surface area contributed by atoms with E-state index >= 15 is 0 Å². The van der Waals surface area contributed by atoms with Gasteiger partial charge in [-0.3, -0.25) is 9.59 Å². The van der Waals surface area contributed by atoms with Gasteiger partial charge in [-0.15, -0.1) is 23.5 Å². The van der Waals surface area contributed by atoms with Gasteiger partial charge in [-0.2, -0.15) is 0 Å². The Morgan fingerprint density at radius 3 is 2.33 bits per heavy atom. The minimum absolute atomic E-state index is 0.00610. The predicted molar refractivity (Wildman–Crippen MR) is 99.5 cm³/mol. The number of likely N-dealkylation sites (tertiary alicyclic amines) is 1. The highest BCUT2D eigenvalue weighted by Crippen LogP contribution is 2.45. The van der Waals surface area contributed by atoms with Gasteiger partial charge >= 0.3 is 5.97 Å². The number of nitrogens with zero attached hydrogens (tertiary/aromatic N) is 1. The quantitative estimate of drug-likeness (QED) is 0.881. The summed E-state index contributed by atoms with van der Waals surface area (Å²) in [5, 5.41) is 9.62. The van der Waals surface area contributed by atoms with E-state index in [0.29, 0.717) is 29.7 Å². The van der Waals surface area contributed by atoms with Gasteiger partial charge < -0.3 is 10.0 Å². The molecule has 2 aliphatic rings. The lowest BCUT2D eigenvalue weighted by Gasteiger charge is -2.28. The average Bonchev–Trinajstić information content (AvgIpc) is 3.24. The van der Waals surface area contributed by atoms with Crippen LogP contribution in [0.4, 0.5) is 0 Å². The lowest BCUT2D eigenvalue weighted by atomic mass is 9.76. The standard InChI is InChI=1S/C18H23NO3S2/c1-12(2)18(17(21)22)7-8-19(11-18)15(20)13-3-5-14(6-4-13)16-23-9-10-24-16/h3-6,12,16H,7-11H2,1-2H3,(H,21,22). The molecule has 2 aliphatic heterocycles. The third-order valence-corrected chi connectivity index (χ3v) is 8.28. The van der Waals surface area contributed by atoms with Gasteiger partial charge in [0.25, 0.3) is 5.91 Å². The van der Waals surface area contributed by atoms with Crippen LogP contribution in [0, 0.1) is 11.3 Å². The van der Waals surface area contributed by atoms with E-state index in [9.17, 15) is 14.7 Å². The fraction of sp³-hybridized carbons (Fsp3) is 0.556. The summed E-state index contributed by atoms with van der Waals surface area (Å²) in [5.41, 5.74) is 1.09. The summed E-state index contributed by atoms with van der Waals surface area (Å²) in [4.78, 5) is 26.2. The fourth-order valence-electron chi connectivity index (χ4n) is 3.42. The zero-order valence-electron chi connectivity index (χ0n) is 14.0. The van der Waals surface area contributed by atoms with Crippen molar-refractivity contribution in [1.29, 1.82) is 0 Å². The highest BCUT2D eigenvalue weighted by atomic mass is 32.2.